The fraction of sp³-hybridized carbons (Fsp3) is 1.00. The van der Waals surface area contributed by atoms with Crippen molar-refractivity contribution in [3.8, 4) is 0 Å². The maximum Gasteiger partial charge on any atom is 0.0606 e. The molecule has 52 valence electrons. The average Bonchev–Trinajstić information content (AvgIpc) is 1.74. The number of ether oxygens (including phenoxy) is 1. The molecule has 1 aliphatic carbocycles. The summed E-state index contributed by atoms with van der Waals surface area (Å²) in [6.45, 7) is 3.38. The molecule has 2 rings (SSSR count). The highest BCUT2D eigenvalue weighted by Crippen LogP contribution is 2.40. The summed E-state index contributed by atoms with van der Waals surface area (Å²) >= 11 is 0. The molecule has 3 atom stereocenters. The van der Waals surface area contributed by atoms with Crippen molar-refractivity contribution in [2.24, 2.45) is 11.8 Å². The molecule has 1 heterocycles. The molecule has 0 bridgehead atoms. The topological polar surface area (TPSA) is 9.23 Å². The van der Waals surface area contributed by atoms with E-state index in [0.29, 0.717) is 6.10 Å². The van der Waals surface area contributed by atoms with Gasteiger partial charge in [-0.3, -0.25) is 0 Å². The second-order valence-corrected chi connectivity index (χ2v) is 3.42. The van der Waals surface area contributed by atoms with Crippen LogP contribution in [0.1, 0.15) is 26.2 Å². The van der Waals surface area contributed by atoms with Crippen LogP contribution in [0.25, 0.3) is 0 Å². The van der Waals surface area contributed by atoms with E-state index in [1.807, 2.05) is 0 Å². The van der Waals surface area contributed by atoms with Crippen molar-refractivity contribution in [3.05, 3.63) is 0 Å². The maximum atomic E-state index is 5.55. The molecule has 0 N–H and O–H groups in total. The van der Waals surface area contributed by atoms with E-state index in [4.69, 9.17) is 4.74 Å². The fourth-order valence-electron chi connectivity index (χ4n) is 1.97. The lowest BCUT2D eigenvalue weighted by molar-refractivity contribution is -0.108. The lowest BCUT2D eigenvalue weighted by Gasteiger charge is -2.44. The molecule has 0 amide bonds. The third-order valence-corrected chi connectivity index (χ3v) is 2.90. The summed E-state index contributed by atoms with van der Waals surface area (Å²) in [5.41, 5.74) is 0. The van der Waals surface area contributed by atoms with Gasteiger partial charge in [0.05, 0.1) is 6.10 Å². The molecule has 0 radical (unpaired) electrons. The first-order valence-electron chi connectivity index (χ1n) is 3.99. The number of rotatable bonds is 0. The molecule has 1 saturated carbocycles. The van der Waals surface area contributed by atoms with Crippen molar-refractivity contribution in [1.29, 1.82) is 0 Å². The van der Waals surface area contributed by atoms with Gasteiger partial charge >= 0.3 is 0 Å². The van der Waals surface area contributed by atoms with Crippen LogP contribution in [0.3, 0.4) is 0 Å². The van der Waals surface area contributed by atoms with E-state index in [9.17, 15) is 0 Å². The van der Waals surface area contributed by atoms with Crippen molar-refractivity contribution in [3.63, 3.8) is 0 Å². The Bertz CT molecular complexity index is 105. The Kier molecular flexibility index (Phi) is 1.26. The van der Waals surface area contributed by atoms with Gasteiger partial charge in [-0.05, 0) is 31.1 Å². The smallest absolute Gasteiger partial charge is 0.0606 e. The van der Waals surface area contributed by atoms with Gasteiger partial charge in [0, 0.05) is 6.61 Å². The predicted molar refractivity (Wildman–Crippen MR) is 36.2 cm³/mol. The lowest BCUT2D eigenvalue weighted by atomic mass is 9.71. The highest BCUT2D eigenvalue weighted by Gasteiger charge is 2.38. The molecule has 3 unspecified atom stereocenters. The van der Waals surface area contributed by atoms with Crippen LogP contribution >= 0.6 is 0 Å². The molecule has 2 aliphatic rings. The lowest BCUT2D eigenvalue weighted by Crippen LogP contribution is -2.42. The first-order chi connectivity index (χ1) is 4.38. The Balaban J connectivity index is 1.98. The zero-order valence-corrected chi connectivity index (χ0v) is 5.97. The van der Waals surface area contributed by atoms with Gasteiger partial charge in [0.1, 0.15) is 0 Å². The van der Waals surface area contributed by atoms with Gasteiger partial charge in [0.15, 0.2) is 0 Å². The Labute approximate surface area is 56.4 Å². The van der Waals surface area contributed by atoms with Gasteiger partial charge in [0.25, 0.3) is 0 Å². The quantitative estimate of drug-likeness (QED) is 0.481. The Morgan fingerprint density at radius 2 is 2.11 bits per heavy atom. The Morgan fingerprint density at radius 3 is 2.56 bits per heavy atom. The van der Waals surface area contributed by atoms with Crippen LogP contribution in [-0.4, -0.2) is 12.7 Å². The van der Waals surface area contributed by atoms with Crippen LogP contribution in [0.4, 0.5) is 0 Å². The molecule has 0 aromatic rings. The minimum absolute atomic E-state index is 0.661. The maximum absolute atomic E-state index is 5.55. The molecule has 9 heavy (non-hydrogen) atoms. The minimum atomic E-state index is 0.661. The third kappa shape index (κ3) is 0.787. The Hall–Kier alpha value is -0.0400. The molecule has 1 aliphatic heterocycles. The largest absolute Gasteiger partial charge is 0.378 e. The monoisotopic (exact) mass is 126 g/mol. The minimum Gasteiger partial charge on any atom is -0.378 e. The van der Waals surface area contributed by atoms with Gasteiger partial charge in [-0.25, -0.2) is 0 Å². The fourth-order valence-corrected chi connectivity index (χ4v) is 1.97. The highest BCUT2D eigenvalue weighted by molar-refractivity contribution is 4.87. The van der Waals surface area contributed by atoms with Crippen molar-refractivity contribution in [1.82, 2.24) is 0 Å². The van der Waals surface area contributed by atoms with E-state index in [-0.39, 0.29) is 0 Å². The van der Waals surface area contributed by atoms with Crippen molar-refractivity contribution >= 4 is 0 Å². The standard InChI is InChI=1S/C8H14O/c1-6-4-5-9-8-3-2-7(6)8/h6-8H,2-5H2,1H3. The van der Waals surface area contributed by atoms with Crippen molar-refractivity contribution in [2.45, 2.75) is 32.3 Å². The van der Waals surface area contributed by atoms with Crippen LogP contribution in [-0.2, 0) is 4.74 Å². The average molecular weight is 126 g/mol. The molecule has 1 saturated heterocycles. The van der Waals surface area contributed by atoms with Crippen molar-refractivity contribution < 1.29 is 4.74 Å². The number of hydrogen-bond acceptors (Lipinski definition) is 1. The van der Waals surface area contributed by atoms with E-state index >= 15 is 0 Å². The summed E-state index contributed by atoms with van der Waals surface area (Å²) in [6.07, 6.45) is 4.70. The first kappa shape index (κ1) is 5.72. The molecule has 0 aromatic heterocycles. The van der Waals surface area contributed by atoms with Gasteiger partial charge in [-0.2, -0.15) is 0 Å². The molecule has 1 heteroatoms. The molecule has 0 spiro atoms. The molecule has 0 aromatic carbocycles. The van der Waals surface area contributed by atoms with Crippen LogP contribution < -0.4 is 0 Å². The van der Waals surface area contributed by atoms with Gasteiger partial charge < -0.3 is 4.74 Å². The summed E-state index contributed by atoms with van der Waals surface area (Å²) in [6, 6.07) is 0. The van der Waals surface area contributed by atoms with Gasteiger partial charge in [-0.15, -0.1) is 0 Å². The SMILES string of the molecule is CC1CCOC2CCC12. The molecular formula is C8H14O. The first-order valence-corrected chi connectivity index (χ1v) is 3.99. The van der Waals surface area contributed by atoms with E-state index in [1.54, 1.807) is 0 Å². The summed E-state index contributed by atoms with van der Waals surface area (Å²) in [5.74, 6) is 1.87. The third-order valence-electron chi connectivity index (χ3n) is 2.90. The van der Waals surface area contributed by atoms with Crippen LogP contribution in [0.5, 0.6) is 0 Å². The zero-order chi connectivity index (χ0) is 6.27. The summed E-state index contributed by atoms with van der Waals surface area (Å²) in [4.78, 5) is 0. The van der Waals surface area contributed by atoms with E-state index < -0.39 is 0 Å². The second-order valence-electron chi connectivity index (χ2n) is 3.42. The number of hydrogen-bond donors (Lipinski definition) is 0. The zero-order valence-electron chi connectivity index (χ0n) is 5.97. The van der Waals surface area contributed by atoms with E-state index in [0.717, 1.165) is 18.4 Å². The number of fused-ring (bicyclic) bond motifs is 1. The van der Waals surface area contributed by atoms with Crippen LogP contribution in [0.2, 0.25) is 0 Å². The van der Waals surface area contributed by atoms with Crippen LogP contribution in [0.15, 0.2) is 0 Å². The van der Waals surface area contributed by atoms with E-state index in [2.05, 4.69) is 6.92 Å². The normalized spacial score (nSPS) is 49.7. The van der Waals surface area contributed by atoms with Gasteiger partial charge in [-0.1, -0.05) is 6.92 Å². The Morgan fingerprint density at radius 1 is 1.22 bits per heavy atom. The highest BCUT2D eigenvalue weighted by atomic mass is 16.5. The summed E-state index contributed by atoms with van der Waals surface area (Å²) < 4.78 is 5.55. The summed E-state index contributed by atoms with van der Waals surface area (Å²) in [7, 11) is 0. The van der Waals surface area contributed by atoms with Crippen molar-refractivity contribution in [2.75, 3.05) is 6.61 Å². The van der Waals surface area contributed by atoms with Gasteiger partial charge in [0.2, 0.25) is 0 Å². The second kappa shape index (κ2) is 1.98. The summed E-state index contributed by atoms with van der Waals surface area (Å²) in [5, 5.41) is 0. The molecular weight excluding hydrogens is 112 g/mol. The molecule has 2 fully saturated rings. The van der Waals surface area contributed by atoms with E-state index in [1.165, 1.54) is 19.3 Å². The molecule has 1 nitrogen and oxygen atoms in total. The van der Waals surface area contributed by atoms with Crippen LogP contribution in [0, 0.1) is 11.8 Å². The predicted octanol–water partition coefficient (Wildman–Crippen LogP) is 1.82.